The summed E-state index contributed by atoms with van der Waals surface area (Å²) in [6.45, 7) is 4.42. The molecule has 0 bridgehead atoms. The number of carbonyl (C=O) groups excluding carboxylic acids is 1. The molecule has 0 saturated carbocycles. The molecule has 146 valence electrons. The largest absolute Gasteiger partial charge is 0.494 e. The Morgan fingerprint density at radius 2 is 1.89 bits per heavy atom. The van der Waals surface area contributed by atoms with Crippen LogP contribution in [0, 0.1) is 5.82 Å². The van der Waals surface area contributed by atoms with E-state index in [1.54, 1.807) is 18.3 Å². The van der Waals surface area contributed by atoms with Crippen LogP contribution < -0.4 is 10.1 Å². The van der Waals surface area contributed by atoms with Crippen molar-refractivity contribution in [2.24, 2.45) is 0 Å². The standard InChI is InChI=1S/C22H23FN2O3/c1-3-27-19-10-6-17(7-11-19)20-14-24-22(28-20)13-12-21(26)25-15(2)16-4-8-18(23)9-5-16/h4-11,14-15H,3,12-13H2,1-2H3,(H,25,26)/t15-/m0/s1. The van der Waals surface area contributed by atoms with E-state index in [-0.39, 0.29) is 24.2 Å². The zero-order valence-electron chi connectivity index (χ0n) is 15.9. The molecule has 2 aromatic carbocycles. The predicted octanol–water partition coefficient (Wildman–Crippen LogP) is 4.69. The molecule has 28 heavy (non-hydrogen) atoms. The first-order valence-electron chi connectivity index (χ1n) is 9.28. The van der Waals surface area contributed by atoms with E-state index < -0.39 is 0 Å². The highest BCUT2D eigenvalue weighted by atomic mass is 19.1. The highest BCUT2D eigenvalue weighted by Crippen LogP contribution is 2.23. The number of halogens is 1. The van der Waals surface area contributed by atoms with Gasteiger partial charge in [-0.25, -0.2) is 9.37 Å². The summed E-state index contributed by atoms with van der Waals surface area (Å²) in [6, 6.07) is 13.5. The number of oxazole rings is 1. The molecule has 0 aliphatic heterocycles. The van der Waals surface area contributed by atoms with Crippen molar-refractivity contribution in [2.45, 2.75) is 32.7 Å². The second-order valence-corrected chi connectivity index (χ2v) is 6.42. The lowest BCUT2D eigenvalue weighted by atomic mass is 10.1. The number of amides is 1. The number of rotatable bonds is 8. The molecule has 3 rings (SSSR count). The van der Waals surface area contributed by atoms with Gasteiger partial charge < -0.3 is 14.5 Å². The molecular formula is C22H23FN2O3. The fourth-order valence-electron chi connectivity index (χ4n) is 2.81. The lowest BCUT2D eigenvalue weighted by molar-refractivity contribution is -0.121. The minimum Gasteiger partial charge on any atom is -0.494 e. The van der Waals surface area contributed by atoms with Crippen molar-refractivity contribution in [3.63, 3.8) is 0 Å². The van der Waals surface area contributed by atoms with Crippen LogP contribution in [-0.4, -0.2) is 17.5 Å². The molecule has 1 amide bonds. The van der Waals surface area contributed by atoms with Gasteiger partial charge in [-0.1, -0.05) is 12.1 Å². The van der Waals surface area contributed by atoms with Crippen LogP contribution >= 0.6 is 0 Å². The van der Waals surface area contributed by atoms with E-state index >= 15 is 0 Å². The summed E-state index contributed by atoms with van der Waals surface area (Å²) < 4.78 is 24.2. The van der Waals surface area contributed by atoms with E-state index in [9.17, 15) is 9.18 Å². The fraction of sp³-hybridized carbons (Fsp3) is 0.273. The van der Waals surface area contributed by atoms with Crippen LogP contribution in [0.15, 0.2) is 59.1 Å². The van der Waals surface area contributed by atoms with Crippen LogP contribution in [-0.2, 0) is 11.2 Å². The average molecular weight is 382 g/mol. The third kappa shape index (κ3) is 5.19. The number of nitrogens with one attached hydrogen (secondary N) is 1. The Balaban J connectivity index is 1.52. The van der Waals surface area contributed by atoms with Crippen LogP contribution in [0.1, 0.15) is 37.8 Å². The Hall–Kier alpha value is -3.15. The summed E-state index contributed by atoms with van der Waals surface area (Å²) in [5, 5.41) is 2.90. The summed E-state index contributed by atoms with van der Waals surface area (Å²) in [5.41, 5.74) is 1.75. The maximum absolute atomic E-state index is 13.0. The quantitative estimate of drug-likeness (QED) is 0.614. The maximum Gasteiger partial charge on any atom is 0.220 e. The SMILES string of the molecule is CCOc1ccc(-c2cnc(CCC(=O)N[C@@H](C)c3ccc(F)cc3)o2)cc1. The molecule has 0 saturated heterocycles. The Morgan fingerprint density at radius 1 is 1.18 bits per heavy atom. The van der Waals surface area contributed by atoms with E-state index in [1.807, 2.05) is 38.1 Å². The first-order valence-corrected chi connectivity index (χ1v) is 9.28. The molecule has 3 aromatic rings. The summed E-state index contributed by atoms with van der Waals surface area (Å²) in [4.78, 5) is 16.4. The molecule has 0 aliphatic rings. The summed E-state index contributed by atoms with van der Waals surface area (Å²) in [5.74, 6) is 1.55. The van der Waals surface area contributed by atoms with Crippen molar-refractivity contribution in [2.75, 3.05) is 6.61 Å². The molecule has 1 atom stereocenters. The molecule has 0 aliphatic carbocycles. The zero-order chi connectivity index (χ0) is 19.9. The number of carbonyl (C=O) groups is 1. The molecule has 5 nitrogen and oxygen atoms in total. The first kappa shape index (κ1) is 19.6. The van der Waals surface area contributed by atoms with E-state index in [0.717, 1.165) is 16.9 Å². The zero-order valence-corrected chi connectivity index (χ0v) is 15.9. The number of ether oxygens (including phenoxy) is 1. The van der Waals surface area contributed by atoms with Gasteiger partial charge in [0.05, 0.1) is 18.8 Å². The van der Waals surface area contributed by atoms with Crippen LogP contribution in [0.5, 0.6) is 5.75 Å². The third-order valence-electron chi connectivity index (χ3n) is 4.32. The van der Waals surface area contributed by atoms with Gasteiger partial charge >= 0.3 is 0 Å². The number of aryl methyl sites for hydroxylation is 1. The van der Waals surface area contributed by atoms with Gasteiger partial charge in [0.15, 0.2) is 11.7 Å². The molecule has 0 radical (unpaired) electrons. The second kappa shape index (κ2) is 9.17. The summed E-state index contributed by atoms with van der Waals surface area (Å²) in [7, 11) is 0. The molecule has 1 N–H and O–H groups in total. The summed E-state index contributed by atoms with van der Waals surface area (Å²) in [6.07, 6.45) is 2.32. The van der Waals surface area contributed by atoms with Gasteiger partial charge in [0.25, 0.3) is 0 Å². The number of aromatic nitrogens is 1. The van der Waals surface area contributed by atoms with E-state index in [1.165, 1.54) is 12.1 Å². The predicted molar refractivity (Wildman–Crippen MR) is 104 cm³/mol. The molecule has 1 heterocycles. The van der Waals surface area contributed by atoms with Gasteiger partial charge in [-0.15, -0.1) is 0 Å². The maximum atomic E-state index is 13.0. The lowest BCUT2D eigenvalue weighted by Crippen LogP contribution is -2.26. The van der Waals surface area contributed by atoms with E-state index in [4.69, 9.17) is 9.15 Å². The number of nitrogens with zero attached hydrogens (tertiary/aromatic N) is 1. The van der Waals surface area contributed by atoms with Gasteiger partial charge in [-0.3, -0.25) is 4.79 Å². The first-order chi connectivity index (χ1) is 13.5. The normalized spacial score (nSPS) is 11.8. The molecule has 0 fully saturated rings. The Bertz CT molecular complexity index is 904. The molecule has 6 heteroatoms. The van der Waals surface area contributed by atoms with Crippen LogP contribution in [0.2, 0.25) is 0 Å². The summed E-state index contributed by atoms with van der Waals surface area (Å²) >= 11 is 0. The molecule has 0 spiro atoms. The minimum absolute atomic E-state index is 0.113. The minimum atomic E-state index is -0.297. The second-order valence-electron chi connectivity index (χ2n) is 6.42. The number of hydrogen-bond acceptors (Lipinski definition) is 4. The van der Waals surface area contributed by atoms with Crippen LogP contribution in [0.25, 0.3) is 11.3 Å². The van der Waals surface area contributed by atoms with E-state index in [2.05, 4.69) is 10.3 Å². The molecule has 0 unspecified atom stereocenters. The van der Waals surface area contributed by atoms with Crippen molar-refractivity contribution in [3.8, 4) is 17.1 Å². The molecule has 1 aromatic heterocycles. The van der Waals surface area contributed by atoms with Crippen LogP contribution in [0.4, 0.5) is 4.39 Å². The number of benzene rings is 2. The Labute approximate surface area is 163 Å². The van der Waals surface area contributed by atoms with Crippen molar-refractivity contribution >= 4 is 5.91 Å². The van der Waals surface area contributed by atoms with Gasteiger partial charge in [0, 0.05) is 18.4 Å². The van der Waals surface area contributed by atoms with Gasteiger partial charge in [0.2, 0.25) is 5.91 Å². The lowest BCUT2D eigenvalue weighted by Gasteiger charge is -2.14. The van der Waals surface area contributed by atoms with Gasteiger partial charge in [-0.2, -0.15) is 0 Å². The fourth-order valence-corrected chi connectivity index (χ4v) is 2.81. The van der Waals surface area contributed by atoms with Crippen molar-refractivity contribution in [3.05, 3.63) is 72.0 Å². The molecular weight excluding hydrogens is 359 g/mol. The third-order valence-corrected chi connectivity index (χ3v) is 4.32. The number of hydrogen-bond donors (Lipinski definition) is 1. The van der Waals surface area contributed by atoms with Gasteiger partial charge in [0.1, 0.15) is 11.6 Å². The van der Waals surface area contributed by atoms with Crippen molar-refractivity contribution in [1.82, 2.24) is 10.3 Å². The van der Waals surface area contributed by atoms with E-state index in [0.29, 0.717) is 24.7 Å². The highest BCUT2D eigenvalue weighted by molar-refractivity contribution is 5.76. The Kier molecular flexibility index (Phi) is 6.42. The monoisotopic (exact) mass is 382 g/mol. The highest BCUT2D eigenvalue weighted by Gasteiger charge is 2.12. The smallest absolute Gasteiger partial charge is 0.220 e. The van der Waals surface area contributed by atoms with Crippen molar-refractivity contribution in [1.29, 1.82) is 0 Å². The Morgan fingerprint density at radius 3 is 2.57 bits per heavy atom. The average Bonchev–Trinajstić information content (AvgIpc) is 3.17. The van der Waals surface area contributed by atoms with Crippen molar-refractivity contribution < 1.29 is 18.3 Å². The van der Waals surface area contributed by atoms with Gasteiger partial charge in [-0.05, 0) is 55.8 Å². The topological polar surface area (TPSA) is 64.4 Å². The van der Waals surface area contributed by atoms with Crippen LogP contribution in [0.3, 0.4) is 0 Å².